The molecule has 0 amide bonds. The fourth-order valence-corrected chi connectivity index (χ4v) is 5.00. The largest absolute Gasteiger partial charge is 0.416 e. The van der Waals surface area contributed by atoms with E-state index in [1.54, 1.807) is 22.5 Å². The van der Waals surface area contributed by atoms with Gasteiger partial charge in [-0.05, 0) is 49.6 Å². The monoisotopic (exact) mass is 397 g/mol. The van der Waals surface area contributed by atoms with Gasteiger partial charge in [-0.3, -0.25) is 0 Å². The predicted molar refractivity (Wildman–Crippen MR) is 107 cm³/mol. The van der Waals surface area contributed by atoms with Crippen LogP contribution in [0.15, 0.2) is 57.8 Å². The second-order valence-electron chi connectivity index (χ2n) is 7.07. The number of nitrogens with zero attached hydrogens (tertiary/aromatic N) is 3. The van der Waals surface area contributed by atoms with Gasteiger partial charge in [-0.15, -0.1) is 10.2 Å². The molecule has 3 aromatic rings. The number of benzene rings is 2. The van der Waals surface area contributed by atoms with Crippen LogP contribution in [0.5, 0.6) is 0 Å². The highest BCUT2D eigenvalue weighted by atomic mass is 32.2. The van der Waals surface area contributed by atoms with Crippen LogP contribution in [0.4, 0.5) is 0 Å². The maximum Gasteiger partial charge on any atom is 0.248 e. The van der Waals surface area contributed by atoms with Gasteiger partial charge in [0.15, 0.2) is 0 Å². The third-order valence-corrected chi connectivity index (χ3v) is 6.98. The molecule has 146 valence electrons. The number of aromatic nitrogens is 2. The minimum atomic E-state index is -3.53. The maximum absolute atomic E-state index is 13.1. The highest BCUT2D eigenvalue weighted by molar-refractivity contribution is 7.89. The molecule has 1 saturated heterocycles. The van der Waals surface area contributed by atoms with Crippen molar-refractivity contribution in [2.75, 3.05) is 13.1 Å². The standard InChI is InChI=1S/C21H23N3O3S/c1-16-11-12-18(28(25,26)24-13-7-2-3-8-14-24)15-19(16)21-23-22-20(27-21)17-9-5-4-6-10-17/h4-6,9-12,15H,2-3,7-8,13-14H2,1H3. The first kappa shape index (κ1) is 18.8. The summed E-state index contributed by atoms with van der Waals surface area (Å²) in [6.07, 6.45) is 3.97. The predicted octanol–water partition coefficient (Wildman–Crippen LogP) is 4.28. The van der Waals surface area contributed by atoms with Gasteiger partial charge in [-0.25, -0.2) is 8.42 Å². The molecule has 1 aliphatic heterocycles. The third-order valence-electron chi connectivity index (χ3n) is 5.09. The van der Waals surface area contributed by atoms with Crippen LogP contribution in [-0.2, 0) is 10.0 Å². The van der Waals surface area contributed by atoms with Crippen molar-refractivity contribution < 1.29 is 12.8 Å². The average Bonchev–Trinajstić information content (AvgIpc) is 3.02. The van der Waals surface area contributed by atoms with E-state index in [-0.39, 0.29) is 4.90 Å². The van der Waals surface area contributed by atoms with Crippen LogP contribution in [0, 0.1) is 6.92 Å². The van der Waals surface area contributed by atoms with E-state index < -0.39 is 10.0 Å². The lowest BCUT2D eigenvalue weighted by atomic mass is 10.1. The number of hydrogen-bond acceptors (Lipinski definition) is 5. The first-order valence-corrected chi connectivity index (χ1v) is 11.0. The second-order valence-corrected chi connectivity index (χ2v) is 9.01. The van der Waals surface area contributed by atoms with Gasteiger partial charge >= 0.3 is 0 Å². The van der Waals surface area contributed by atoms with E-state index in [0.29, 0.717) is 30.4 Å². The molecule has 0 spiro atoms. The Balaban J connectivity index is 1.69. The molecule has 0 atom stereocenters. The average molecular weight is 398 g/mol. The van der Waals surface area contributed by atoms with E-state index in [1.165, 1.54) is 0 Å². The van der Waals surface area contributed by atoms with E-state index in [4.69, 9.17) is 4.42 Å². The minimum absolute atomic E-state index is 0.273. The van der Waals surface area contributed by atoms with Crippen molar-refractivity contribution in [2.24, 2.45) is 0 Å². The summed E-state index contributed by atoms with van der Waals surface area (Å²) in [5, 5.41) is 8.27. The van der Waals surface area contributed by atoms with E-state index in [1.807, 2.05) is 37.3 Å². The lowest BCUT2D eigenvalue weighted by molar-refractivity contribution is 0.424. The number of hydrogen-bond donors (Lipinski definition) is 0. The molecule has 2 aromatic carbocycles. The van der Waals surface area contributed by atoms with E-state index in [9.17, 15) is 8.42 Å². The van der Waals surface area contributed by atoms with Gasteiger partial charge in [0.25, 0.3) is 0 Å². The highest BCUT2D eigenvalue weighted by Gasteiger charge is 2.26. The van der Waals surface area contributed by atoms with Crippen molar-refractivity contribution in [2.45, 2.75) is 37.5 Å². The normalized spacial score (nSPS) is 16.0. The summed E-state index contributed by atoms with van der Waals surface area (Å²) in [6, 6.07) is 14.6. The molecule has 1 fully saturated rings. The molecule has 28 heavy (non-hydrogen) atoms. The van der Waals surface area contributed by atoms with Crippen LogP contribution in [0.1, 0.15) is 31.2 Å². The fraction of sp³-hybridized carbons (Fsp3) is 0.333. The van der Waals surface area contributed by atoms with Gasteiger partial charge in [-0.1, -0.05) is 37.1 Å². The summed E-state index contributed by atoms with van der Waals surface area (Å²) < 4.78 is 33.7. The van der Waals surface area contributed by atoms with Gasteiger partial charge in [0, 0.05) is 24.2 Å². The van der Waals surface area contributed by atoms with Crippen LogP contribution in [0.2, 0.25) is 0 Å². The lowest BCUT2D eigenvalue weighted by Gasteiger charge is -2.20. The molecule has 1 aromatic heterocycles. The SMILES string of the molecule is Cc1ccc(S(=O)(=O)N2CCCCCC2)cc1-c1nnc(-c2ccccc2)o1. The molecule has 0 unspecified atom stereocenters. The van der Waals surface area contributed by atoms with Crippen molar-refractivity contribution in [3.05, 3.63) is 54.1 Å². The Hall–Kier alpha value is -2.51. The van der Waals surface area contributed by atoms with Crippen molar-refractivity contribution in [1.82, 2.24) is 14.5 Å². The Labute approximate surface area is 165 Å². The van der Waals surface area contributed by atoms with E-state index in [2.05, 4.69) is 10.2 Å². The zero-order valence-electron chi connectivity index (χ0n) is 15.8. The Morgan fingerprint density at radius 3 is 2.29 bits per heavy atom. The van der Waals surface area contributed by atoms with Crippen molar-refractivity contribution >= 4 is 10.0 Å². The lowest BCUT2D eigenvalue weighted by Crippen LogP contribution is -2.31. The van der Waals surface area contributed by atoms with Gasteiger partial charge < -0.3 is 4.42 Å². The molecule has 0 aliphatic carbocycles. The molecule has 0 saturated carbocycles. The molecule has 0 radical (unpaired) electrons. The van der Waals surface area contributed by atoms with Gasteiger partial charge in [0.05, 0.1) is 4.90 Å². The van der Waals surface area contributed by atoms with Crippen LogP contribution >= 0.6 is 0 Å². The maximum atomic E-state index is 13.1. The van der Waals surface area contributed by atoms with Crippen LogP contribution in [0.25, 0.3) is 22.9 Å². The minimum Gasteiger partial charge on any atom is -0.416 e. The summed E-state index contributed by atoms with van der Waals surface area (Å²) in [4.78, 5) is 0.273. The van der Waals surface area contributed by atoms with Crippen LogP contribution in [0.3, 0.4) is 0 Å². The summed E-state index contributed by atoms with van der Waals surface area (Å²) in [5.41, 5.74) is 2.36. The fourth-order valence-electron chi connectivity index (χ4n) is 3.45. The molecular weight excluding hydrogens is 374 g/mol. The molecule has 0 bridgehead atoms. The number of aryl methyl sites for hydroxylation is 1. The van der Waals surface area contributed by atoms with Crippen LogP contribution < -0.4 is 0 Å². The number of rotatable bonds is 4. The molecule has 2 heterocycles. The van der Waals surface area contributed by atoms with Crippen LogP contribution in [-0.4, -0.2) is 36.0 Å². The number of sulfonamides is 1. The molecule has 1 aliphatic rings. The summed E-state index contributed by atoms with van der Waals surface area (Å²) >= 11 is 0. The second kappa shape index (κ2) is 7.85. The van der Waals surface area contributed by atoms with Gasteiger partial charge in [-0.2, -0.15) is 4.31 Å². The van der Waals surface area contributed by atoms with Gasteiger partial charge in [0.2, 0.25) is 21.8 Å². The zero-order chi connectivity index (χ0) is 19.6. The molecule has 0 N–H and O–H groups in total. The molecule has 4 rings (SSSR count). The Bertz CT molecular complexity index is 1050. The first-order valence-electron chi connectivity index (χ1n) is 9.56. The topological polar surface area (TPSA) is 76.3 Å². The quantitative estimate of drug-likeness (QED) is 0.657. The van der Waals surface area contributed by atoms with E-state index >= 15 is 0 Å². The van der Waals surface area contributed by atoms with E-state index in [0.717, 1.165) is 36.8 Å². The smallest absolute Gasteiger partial charge is 0.248 e. The Morgan fingerprint density at radius 2 is 1.57 bits per heavy atom. The summed E-state index contributed by atoms with van der Waals surface area (Å²) in [7, 11) is -3.53. The Kier molecular flexibility index (Phi) is 5.28. The highest BCUT2D eigenvalue weighted by Crippen LogP contribution is 2.29. The molecular formula is C21H23N3O3S. The summed E-state index contributed by atoms with van der Waals surface area (Å²) in [6.45, 7) is 3.05. The van der Waals surface area contributed by atoms with Crippen molar-refractivity contribution in [1.29, 1.82) is 0 Å². The zero-order valence-corrected chi connectivity index (χ0v) is 16.7. The third kappa shape index (κ3) is 3.72. The van der Waals surface area contributed by atoms with Crippen molar-refractivity contribution in [3.63, 3.8) is 0 Å². The summed E-state index contributed by atoms with van der Waals surface area (Å²) in [5.74, 6) is 0.736. The first-order chi connectivity index (χ1) is 13.6. The Morgan fingerprint density at radius 1 is 0.893 bits per heavy atom. The van der Waals surface area contributed by atoms with Crippen molar-refractivity contribution in [3.8, 4) is 22.9 Å². The molecule has 6 nitrogen and oxygen atoms in total. The molecule has 7 heteroatoms. The van der Waals surface area contributed by atoms with Gasteiger partial charge in [0.1, 0.15) is 0 Å².